The lowest BCUT2D eigenvalue weighted by Gasteiger charge is -2.22. The molecule has 2 aliphatic carbocycles. The van der Waals surface area contributed by atoms with Crippen LogP contribution >= 0.6 is 15.9 Å². The zero-order valence-corrected chi connectivity index (χ0v) is 13.8. The zero-order chi connectivity index (χ0) is 14.8. The third kappa shape index (κ3) is 3.43. The maximum atomic E-state index is 9.23. The van der Waals surface area contributed by atoms with Gasteiger partial charge in [-0.25, -0.2) is 0 Å². The van der Waals surface area contributed by atoms with Gasteiger partial charge in [0.15, 0.2) is 0 Å². The van der Waals surface area contributed by atoms with Gasteiger partial charge in [0.25, 0.3) is 0 Å². The maximum Gasteiger partial charge on any atom is 0.0700 e. The van der Waals surface area contributed by atoms with E-state index in [2.05, 4.69) is 39.5 Å². The molecule has 4 N–H and O–H groups in total. The van der Waals surface area contributed by atoms with Gasteiger partial charge in [-0.1, -0.05) is 12.1 Å². The second-order valence-corrected chi connectivity index (χ2v) is 7.06. The number of allylic oxidation sites excluding steroid dienone is 2. The van der Waals surface area contributed by atoms with Gasteiger partial charge in [0.05, 0.1) is 15.8 Å². The van der Waals surface area contributed by atoms with Crippen molar-refractivity contribution in [1.29, 1.82) is 0 Å². The fourth-order valence-corrected chi connectivity index (χ4v) is 3.47. The van der Waals surface area contributed by atoms with Gasteiger partial charge in [-0.05, 0) is 77.1 Å². The molecule has 1 aromatic carbocycles. The molecule has 3 rings (SSSR count). The normalized spacial score (nSPS) is 22.0. The van der Waals surface area contributed by atoms with Crippen LogP contribution in [0.2, 0.25) is 0 Å². The summed E-state index contributed by atoms with van der Waals surface area (Å²) in [4.78, 5) is 0. The van der Waals surface area contributed by atoms with E-state index >= 15 is 0 Å². The highest BCUT2D eigenvalue weighted by molar-refractivity contribution is 9.10. The van der Waals surface area contributed by atoms with Crippen molar-refractivity contribution in [2.45, 2.75) is 32.1 Å². The maximum absolute atomic E-state index is 9.23. The van der Waals surface area contributed by atoms with Gasteiger partial charge in [-0.15, -0.1) is 0 Å². The number of hydrogen-bond acceptors (Lipinski definition) is 3. The van der Waals surface area contributed by atoms with E-state index in [1.807, 2.05) is 0 Å². The topological polar surface area (TPSA) is 58.3 Å². The van der Waals surface area contributed by atoms with Gasteiger partial charge in [0.1, 0.15) is 0 Å². The quantitative estimate of drug-likeness (QED) is 0.702. The summed E-state index contributed by atoms with van der Waals surface area (Å²) in [6, 6.07) is 4.25. The van der Waals surface area contributed by atoms with Crippen LogP contribution < -0.4 is 11.1 Å². The first-order valence-corrected chi connectivity index (χ1v) is 8.60. The van der Waals surface area contributed by atoms with Crippen molar-refractivity contribution in [3.8, 4) is 0 Å². The van der Waals surface area contributed by atoms with Gasteiger partial charge >= 0.3 is 0 Å². The summed E-state index contributed by atoms with van der Waals surface area (Å²) in [5, 5.41) is 12.7. The van der Waals surface area contributed by atoms with Crippen molar-refractivity contribution in [2.24, 2.45) is 11.8 Å². The van der Waals surface area contributed by atoms with Crippen LogP contribution in [0.3, 0.4) is 0 Å². The minimum atomic E-state index is 0.289. The van der Waals surface area contributed by atoms with Crippen LogP contribution in [0.25, 0.3) is 5.57 Å². The molecule has 0 bridgehead atoms. The second kappa shape index (κ2) is 6.41. The molecule has 0 heterocycles. The summed E-state index contributed by atoms with van der Waals surface area (Å²) in [6.45, 7) is 1.31. The predicted molar refractivity (Wildman–Crippen MR) is 92.2 cm³/mol. The molecule has 3 nitrogen and oxygen atoms in total. The molecule has 114 valence electrons. The molecule has 1 fully saturated rings. The first-order chi connectivity index (χ1) is 10.2. The number of aliphatic hydroxyl groups excluding tert-OH is 1. The molecule has 0 spiro atoms. The lowest BCUT2D eigenvalue weighted by molar-refractivity contribution is 0.218. The van der Waals surface area contributed by atoms with Crippen LogP contribution in [0.5, 0.6) is 0 Å². The summed E-state index contributed by atoms with van der Waals surface area (Å²) >= 11 is 3.67. The monoisotopic (exact) mass is 350 g/mol. The molecule has 0 saturated heterocycles. The predicted octanol–water partition coefficient (Wildman–Crippen LogP) is 4.03. The van der Waals surface area contributed by atoms with Crippen molar-refractivity contribution in [1.82, 2.24) is 0 Å². The SMILES string of the molecule is Nc1c(NCC2CC2)ccc(C2=CCC(CO)CC2)c1Br. The first kappa shape index (κ1) is 14.9. The van der Waals surface area contributed by atoms with Crippen molar-refractivity contribution in [3.05, 3.63) is 28.2 Å². The first-order valence-electron chi connectivity index (χ1n) is 7.81. The minimum absolute atomic E-state index is 0.289. The minimum Gasteiger partial charge on any atom is -0.396 e. The van der Waals surface area contributed by atoms with Crippen LogP contribution in [-0.2, 0) is 0 Å². The van der Waals surface area contributed by atoms with Crippen molar-refractivity contribution in [3.63, 3.8) is 0 Å². The number of nitrogen functional groups attached to an aromatic ring is 1. The highest BCUT2D eigenvalue weighted by Gasteiger charge is 2.22. The Morgan fingerprint density at radius 3 is 2.67 bits per heavy atom. The van der Waals surface area contributed by atoms with E-state index < -0.39 is 0 Å². The molecule has 1 atom stereocenters. The summed E-state index contributed by atoms with van der Waals surface area (Å²) in [5.41, 5.74) is 10.6. The molecular weight excluding hydrogens is 328 g/mol. The Bertz CT molecular complexity index is 552. The summed E-state index contributed by atoms with van der Waals surface area (Å²) in [7, 11) is 0. The molecule has 4 heteroatoms. The van der Waals surface area contributed by atoms with Gasteiger partial charge in [0.2, 0.25) is 0 Å². The van der Waals surface area contributed by atoms with Crippen molar-refractivity contribution in [2.75, 3.05) is 24.2 Å². The van der Waals surface area contributed by atoms with E-state index in [9.17, 15) is 5.11 Å². The Hall–Kier alpha value is -1.00. The number of rotatable bonds is 5. The number of aliphatic hydroxyl groups is 1. The zero-order valence-electron chi connectivity index (χ0n) is 12.2. The molecule has 21 heavy (non-hydrogen) atoms. The fourth-order valence-electron chi connectivity index (χ4n) is 2.87. The third-order valence-corrected chi connectivity index (χ3v) is 5.44. The van der Waals surface area contributed by atoms with Crippen LogP contribution in [0.4, 0.5) is 11.4 Å². The van der Waals surface area contributed by atoms with E-state index in [1.165, 1.54) is 24.0 Å². The number of nitrogens with two attached hydrogens (primary N) is 1. The van der Waals surface area contributed by atoms with Crippen LogP contribution in [-0.4, -0.2) is 18.3 Å². The lowest BCUT2D eigenvalue weighted by Crippen LogP contribution is -2.10. The summed E-state index contributed by atoms with van der Waals surface area (Å²) < 4.78 is 0.997. The molecule has 0 aromatic heterocycles. The van der Waals surface area contributed by atoms with E-state index in [0.717, 1.165) is 47.6 Å². The molecule has 1 saturated carbocycles. The van der Waals surface area contributed by atoms with Crippen LogP contribution in [0.15, 0.2) is 22.7 Å². The highest BCUT2D eigenvalue weighted by Crippen LogP contribution is 2.39. The molecule has 0 amide bonds. The standard InChI is InChI=1S/C17H23BrN2O/c18-16-14(13-5-3-12(10-21)4-6-13)7-8-15(17(16)19)20-9-11-1-2-11/h5,7-8,11-12,20-21H,1-4,6,9-10,19H2. The lowest BCUT2D eigenvalue weighted by atomic mass is 9.87. The second-order valence-electron chi connectivity index (χ2n) is 6.26. The summed E-state index contributed by atoms with van der Waals surface area (Å²) in [6.07, 6.45) is 7.95. The Morgan fingerprint density at radius 1 is 1.24 bits per heavy atom. The van der Waals surface area contributed by atoms with Crippen LogP contribution in [0.1, 0.15) is 37.7 Å². The average molecular weight is 351 g/mol. The number of hydrogen-bond donors (Lipinski definition) is 3. The third-order valence-electron chi connectivity index (χ3n) is 4.58. The smallest absolute Gasteiger partial charge is 0.0700 e. The molecule has 0 aliphatic heterocycles. The largest absolute Gasteiger partial charge is 0.396 e. The molecule has 1 unspecified atom stereocenters. The number of anilines is 2. The molecule has 0 radical (unpaired) electrons. The Balaban J connectivity index is 1.76. The van der Waals surface area contributed by atoms with E-state index in [1.54, 1.807) is 0 Å². The Labute approximate surface area is 134 Å². The summed E-state index contributed by atoms with van der Waals surface area (Å²) in [5.74, 6) is 1.25. The number of nitrogens with one attached hydrogen (secondary N) is 1. The van der Waals surface area contributed by atoms with E-state index in [0.29, 0.717) is 5.92 Å². The Morgan fingerprint density at radius 2 is 2.05 bits per heavy atom. The molecule has 1 aromatic rings. The van der Waals surface area contributed by atoms with Gasteiger partial charge in [-0.2, -0.15) is 0 Å². The van der Waals surface area contributed by atoms with Crippen molar-refractivity contribution >= 4 is 32.9 Å². The number of halogens is 1. The van der Waals surface area contributed by atoms with E-state index in [4.69, 9.17) is 5.73 Å². The van der Waals surface area contributed by atoms with Gasteiger partial charge < -0.3 is 16.2 Å². The van der Waals surface area contributed by atoms with Gasteiger partial charge in [-0.3, -0.25) is 0 Å². The van der Waals surface area contributed by atoms with Gasteiger partial charge in [0, 0.05) is 13.2 Å². The van der Waals surface area contributed by atoms with Crippen molar-refractivity contribution < 1.29 is 5.11 Å². The average Bonchev–Trinajstić information content (AvgIpc) is 3.33. The molecular formula is C17H23BrN2O. The fraction of sp³-hybridized carbons (Fsp3) is 0.529. The Kier molecular flexibility index (Phi) is 4.55. The highest BCUT2D eigenvalue weighted by atomic mass is 79.9. The molecule has 2 aliphatic rings. The van der Waals surface area contributed by atoms with E-state index in [-0.39, 0.29) is 6.61 Å². The van der Waals surface area contributed by atoms with Crippen LogP contribution in [0, 0.1) is 11.8 Å². The number of benzene rings is 1.